The fraction of sp³-hybridized carbons (Fsp3) is 0.333. The van der Waals surface area contributed by atoms with E-state index in [1.165, 1.54) is 28.0 Å². The molecule has 3 aromatic heterocycles. The van der Waals surface area contributed by atoms with Gasteiger partial charge in [0.25, 0.3) is 27.8 Å². The fourth-order valence-electron chi connectivity index (χ4n) is 13.2. The van der Waals surface area contributed by atoms with E-state index < -0.39 is 89.8 Å². The Morgan fingerprint density at radius 1 is 0.320 bits per heavy atom. The average molecular weight is 1920 g/mol. The van der Waals surface area contributed by atoms with Gasteiger partial charge in [-0.15, -0.1) is 88.4 Å². The van der Waals surface area contributed by atoms with Gasteiger partial charge in [0.05, 0.1) is 17.1 Å². The van der Waals surface area contributed by atoms with Crippen molar-refractivity contribution in [2.75, 3.05) is 19.6 Å². The summed E-state index contributed by atoms with van der Waals surface area (Å²) in [6.07, 6.45) is 3.24. The number of carbonyl (C=O) groups excluding carboxylic acids is 6. The molecule has 3 aliphatic heterocycles. The first-order valence-electron chi connectivity index (χ1n) is 37.8. The molecule has 0 unspecified atom stereocenters. The number of Topliss-reactive ketones (excluding diaryl/α,β-unsaturated/α-hetero) is 3. The number of nitrogens with one attached hydrogen (secondary N) is 3. The number of carbonyl (C=O) groups is 6. The highest BCUT2D eigenvalue weighted by Gasteiger charge is 2.39. The van der Waals surface area contributed by atoms with Crippen LogP contribution in [0.4, 0.5) is 17.1 Å². The summed E-state index contributed by atoms with van der Waals surface area (Å²) >= 11 is 0. The monoisotopic (exact) mass is 1920 g/mol. The third kappa shape index (κ3) is 31.7. The Morgan fingerprint density at radius 2 is 0.562 bits per heavy atom. The topological polar surface area (TPSA) is 627 Å². The maximum absolute atomic E-state index is 12.7. The number of nitrogens with zero attached hydrogens (tertiary/aromatic N) is 6. The van der Waals surface area contributed by atoms with Crippen LogP contribution in [0.5, 0.6) is 0 Å². The number of rotatable bonds is 19. The van der Waals surface area contributed by atoms with E-state index >= 15 is 0 Å². The van der Waals surface area contributed by atoms with E-state index in [1.54, 1.807) is 49.4 Å². The SMILES string of the molecule is CCCC(=O)c1cc(-c2ccc3c4c(c(S(=O)(=O)O)cc3c2)N=C(C)C4(C)C)cc(C(=O)NCC)n1.CCCC(=O)c1cc(-c2ccc3c4c(ccc3c2)N=C(C)C4(C)C)cc(C(=O)NCC)n1.CCCC(=O)c1cc(-c2ccc3c4c(ccc3c2)N=C(C)C4(C)C)cc(C(=O)NCC)n1.O=S(=O)=O.O=S(=O)=O.O=S(=O)=O.O=S(=O)=O.O=S(=O)=O.O=S(=O)=O.O=S(=O)=O. The predicted octanol–water partition coefficient (Wildman–Crippen LogP) is 10.3. The molecule has 6 aromatic carbocycles. The van der Waals surface area contributed by atoms with Gasteiger partial charge in [-0.05, 0) is 216 Å². The first-order chi connectivity index (χ1) is 59.5. The van der Waals surface area contributed by atoms with Crippen molar-refractivity contribution in [1.82, 2.24) is 30.9 Å². The van der Waals surface area contributed by atoms with Gasteiger partial charge >= 0.3 is 74.3 Å². The maximum atomic E-state index is 12.7. The molecule has 0 aliphatic carbocycles. The molecule has 12 rings (SSSR count). The summed E-state index contributed by atoms with van der Waals surface area (Å²) in [5.41, 5.74) is 14.1. The predicted molar refractivity (Wildman–Crippen MR) is 468 cm³/mol. The van der Waals surface area contributed by atoms with Crippen LogP contribution in [0, 0.1) is 0 Å². The third-order valence-corrected chi connectivity index (χ3v) is 20.1. The van der Waals surface area contributed by atoms with Crippen molar-refractivity contribution >= 4 is 186 Å². The van der Waals surface area contributed by atoms with Crippen LogP contribution < -0.4 is 16.0 Å². The minimum atomic E-state index is -4.53. The molecule has 0 saturated carbocycles. The average Bonchev–Trinajstić information content (AvgIpc) is 1.55. The van der Waals surface area contributed by atoms with E-state index in [9.17, 15) is 41.7 Å². The van der Waals surface area contributed by atoms with Crippen molar-refractivity contribution in [2.45, 2.75) is 164 Å². The third-order valence-electron chi connectivity index (χ3n) is 19.3. The van der Waals surface area contributed by atoms with E-state index in [1.807, 2.05) is 67.5 Å². The van der Waals surface area contributed by atoms with Crippen molar-refractivity contribution in [1.29, 1.82) is 0 Å². The summed E-state index contributed by atoms with van der Waals surface area (Å²) in [6.45, 7) is 31.5. The first-order valence-corrected chi connectivity index (χ1v) is 46.3. The Kier molecular flexibility index (Phi) is 42.2. The largest absolute Gasteiger partial charge is 0.425 e. The summed E-state index contributed by atoms with van der Waals surface area (Å²) in [4.78, 5) is 102. The number of aromatic nitrogens is 3. The minimum absolute atomic E-state index is 0.0483. The molecule has 9 aromatic rings. The molecule has 3 aliphatic rings. The van der Waals surface area contributed by atoms with Crippen molar-refractivity contribution in [3.05, 3.63) is 172 Å². The second-order valence-corrected chi connectivity index (χ2v) is 32.9. The van der Waals surface area contributed by atoms with Crippen LogP contribution in [0.3, 0.4) is 0 Å². The molecule has 3 amide bonds. The Balaban J connectivity index is 0.000000430. The number of hydrogen-bond acceptors (Lipinski definition) is 35. The van der Waals surface area contributed by atoms with Gasteiger partial charge in [0.1, 0.15) is 39.1 Å². The number of fused-ring (bicyclic) bond motifs is 9. The molecule has 0 radical (unpaired) electrons. The lowest BCUT2D eigenvalue weighted by Crippen LogP contribution is -2.24. The van der Waals surface area contributed by atoms with Crippen molar-refractivity contribution in [3.8, 4) is 33.4 Å². The van der Waals surface area contributed by atoms with Gasteiger partial charge in [0, 0.05) is 72.3 Å². The van der Waals surface area contributed by atoms with Crippen LogP contribution in [0.15, 0.2) is 141 Å². The second kappa shape index (κ2) is 49.4. The molecule has 39 nitrogen and oxygen atoms in total. The molecule has 0 saturated heterocycles. The second-order valence-electron chi connectivity index (χ2n) is 28.7. The van der Waals surface area contributed by atoms with Gasteiger partial charge in [0.2, 0.25) is 0 Å². The molecule has 0 atom stereocenters. The molecular formula is C81H87N9O30S8. The lowest BCUT2D eigenvalue weighted by Gasteiger charge is -2.23. The number of benzene rings is 6. The van der Waals surface area contributed by atoms with Gasteiger partial charge in [-0.25, -0.2) is 15.0 Å². The molecule has 0 bridgehead atoms. The van der Waals surface area contributed by atoms with Crippen LogP contribution in [0.1, 0.15) is 222 Å². The van der Waals surface area contributed by atoms with Crippen molar-refractivity contribution in [3.63, 3.8) is 0 Å². The molecule has 6 heterocycles. The molecule has 0 fully saturated rings. The van der Waals surface area contributed by atoms with Gasteiger partial charge in [0.15, 0.2) is 17.3 Å². The highest BCUT2D eigenvalue weighted by molar-refractivity contribution is 7.86. The Hall–Kier alpha value is -12.8. The lowest BCUT2D eigenvalue weighted by atomic mass is 9.79. The van der Waals surface area contributed by atoms with Crippen LogP contribution in [0.25, 0.3) is 65.7 Å². The standard InChI is InChI=1S/C27H29N3O5S.2C27H29N3O2.7O3S/c1-6-8-22(31)20-12-17(13-21(30-20)26(32)28-7-2)16-9-10-19-18(11-16)14-23(36(33,34)35)25-24(19)27(4,5)15(3)29-25;2*1-6-8-24(31)22-14-19(15-23(30-22)26(32)28-7-2)17-9-11-20-18(13-17)10-12-21-25(20)27(4,5)16(3)29-21;7*1-4(2)3/h9-14H,6-8H2,1-5H3,(H,28,32)(H,33,34,35);2*9-15H,6-8H2,1-5H3,(H,28,32);;;;;;;. The Bertz CT molecular complexity index is 6340. The van der Waals surface area contributed by atoms with E-state index in [0.29, 0.717) is 73.2 Å². The highest BCUT2D eigenvalue weighted by atomic mass is 32.2. The number of amides is 3. The zero-order valence-corrected chi connectivity index (χ0v) is 77.7. The minimum Gasteiger partial charge on any atom is -0.351 e. The molecular weight excluding hydrogens is 1840 g/mol. The van der Waals surface area contributed by atoms with Gasteiger partial charge in [-0.2, -0.15) is 8.42 Å². The quantitative estimate of drug-likeness (QED) is 0.0431. The highest BCUT2D eigenvalue weighted by Crippen LogP contribution is 2.50. The van der Waals surface area contributed by atoms with E-state index in [4.69, 9.17) is 98.4 Å². The van der Waals surface area contributed by atoms with E-state index in [0.717, 1.165) is 85.3 Å². The molecule has 0 spiro atoms. The summed E-state index contributed by atoms with van der Waals surface area (Å²) in [5, 5.41) is 14.3. The van der Waals surface area contributed by atoms with Gasteiger partial charge < -0.3 is 16.0 Å². The summed E-state index contributed by atoms with van der Waals surface area (Å²) in [7, 11) is -26.3. The van der Waals surface area contributed by atoms with Crippen LogP contribution in [-0.4, -0.2) is 188 Å². The molecule has 684 valence electrons. The maximum Gasteiger partial charge on any atom is 0.425 e. The zero-order chi connectivity index (χ0) is 97.5. The zero-order valence-electron chi connectivity index (χ0n) is 71.1. The number of ketones is 3. The van der Waals surface area contributed by atoms with Crippen LogP contribution in [0.2, 0.25) is 0 Å². The first kappa shape index (κ1) is 109. The Labute approximate surface area is 745 Å². The van der Waals surface area contributed by atoms with Gasteiger partial charge in [-0.3, -0.25) is 48.3 Å². The van der Waals surface area contributed by atoms with E-state index in [2.05, 4.69) is 138 Å². The molecule has 4 N–H and O–H groups in total. The van der Waals surface area contributed by atoms with Gasteiger partial charge in [-0.1, -0.05) is 111 Å². The normalized spacial score (nSPS) is 12.5. The smallest absolute Gasteiger partial charge is 0.351 e. The van der Waals surface area contributed by atoms with Crippen LogP contribution in [-0.2, 0) is 101 Å². The Morgan fingerprint density at radius 3 is 0.820 bits per heavy atom. The summed E-state index contributed by atoms with van der Waals surface area (Å²) in [5.74, 6) is -1.18. The van der Waals surface area contributed by atoms with E-state index in [-0.39, 0.29) is 79.3 Å². The molecule has 47 heteroatoms. The van der Waals surface area contributed by atoms with Crippen LogP contribution >= 0.6 is 0 Å². The summed E-state index contributed by atoms with van der Waals surface area (Å²) < 4.78 is 212. The lowest BCUT2D eigenvalue weighted by molar-refractivity contribution is 0.0938. The number of hydrogen-bond donors (Lipinski definition) is 4. The fourth-order valence-corrected chi connectivity index (χ4v) is 13.8. The van der Waals surface area contributed by atoms with Crippen molar-refractivity contribution in [2.24, 2.45) is 15.0 Å². The van der Waals surface area contributed by atoms with Crippen molar-refractivity contribution < 1.29 is 130 Å². The number of pyridine rings is 3. The summed E-state index contributed by atoms with van der Waals surface area (Å²) in [6, 6.07) is 38.2. The number of aliphatic imine (C=N–C) groups is 3. The molecule has 128 heavy (non-hydrogen) atoms.